The molecule has 0 spiro atoms. The molecule has 0 amide bonds. The third-order valence-corrected chi connectivity index (χ3v) is 11.4. The van der Waals surface area contributed by atoms with E-state index in [0.29, 0.717) is 0 Å². The molecular weight excluding hydrogens is 682 g/mol. The molecule has 1 aromatic heterocycles. The molecule has 0 saturated carbocycles. The van der Waals surface area contributed by atoms with Crippen LogP contribution in [0.15, 0.2) is 199 Å². The molecule has 10 rings (SSSR count). The second-order valence-corrected chi connectivity index (χ2v) is 14.2. The summed E-state index contributed by atoms with van der Waals surface area (Å²) in [5, 5.41) is 2.49. The van der Waals surface area contributed by atoms with E-state index in [9.17, 15) is 0 Å². The standard InChI is InChI=1S/C49H32BrN/c50-44-26-11-8-21-38(44)35-16-13-15-33(31-35)34-29-30-46-42(32-34)40-23-9-12-27-45(40)51(46)47-28-14-24-41-39-22-7-10-25-43(39)49(48(41)47,36-17-3-1-4-18-36)37-19-5-2-6-20-37/h1-32H. The number of hydrogen-bond acceptors (Lipinski definition) is 0. The number of fused-ring (bicyclic) bond motifs is 6. The molecule has 0 N–H and O–H groups in total. The van der Waals surface area contributed by atoms with Crippen LogP contribution in [0.2, 0.25) is 0 Å². The molecule has 1 heterocycles. The highest BCUT2D eigenvalue weighted by Crippen LogP contribution is 2.58. The Bertz CT molecular complexity index is 2720. The van der Waals surface area contributed by atoms with E-state index in [1.54, 1.807) is 0 Å². The Kier molecular flexibility index (Phi) is 6.94. The van der Waals surface area contributed by atoms with Gasteiger partial charge in [-0.05, 0) is 86.5 Å². The van der Waals surface area contributed by atoms with Gasteiger partial charge in [0.15, 0.2) is 0 Å². The van der Waals surface area contributed by atoms with Crippen molar-refractivity contribution < 1.29 is 0 Å². The van der Waals surface area contributed by atoms with Crippen LogP contribution in [0.4, 0.5) is 0 Å². The van der Waals surface area contributed by atoms with Crippen LogP contribution in [-0.4, -0.2) is 4.57 Å². The molecule has 9 aromatic rings. The lowest BCUT2D eigenvalue weighted by Crippen LogP contribution is -2.29. The Labute approximate surface area is 306 Å². The van der Waals surface area contributed by atoms with E-state index in [4.69, 9.17) is 0 Å². The van der Waals surface area contributed by atoms with E-state index < -0.39 is 5.41 Å². The molecule has 51 heavy (non-hydrogen) atoms. The zero-order valence-electron chi connectivity index (χ0n) is 27.8. The first-order valence-electron chi connectivity index (χ1n) is 17.5. The van der Waals surface area contributed by atoms with E-state index in [2.05, 4.69) is 215 Å². The fraction of sp³-hybridized carbons (Fsp3) is 0.0204. The summed E-state index contributed by atoms with van der Waals surface area (Å²) in [6.45, 7) is 0. The predicted octanol–water partition coefficient (Wildman–Crippen LogP) is 13.2. The van der Waals surface area contributed by atoms with Gasteiger partial charge < -0.3 is 4.57 Å². The van der Waals surface area contributed by atoms with Crippen molar-refractivity contribution in [2.45, 2.75) is 5.41 Å². The highest BCUT2D eigenvalue weighted by molar-refractivity contribution is 9.10. The Morgan fingerprint density at radius 2 is 0.980 bits per heavy atom. The van der Waals surface area contributed by atoms with Crippen molar-refractivity contribution in [1.82, 2.24) is 4.57 Å². The minimum Gasteiger partial charge on any atom is -0.309 e. The number of para-hydroxylation sites is 1. The van der Waals surface area contributed by atoms with Crippen molar-refractivity contribution in [3.8, 4) is 39.1 Å². The third kappa shape index (κ3) is 4.46. The SMILES string of the molecule is Brc1ccccc1-c1cccc(-c2ccc3c(c2)c2ccccc2n3-c2cccc3c2C(c2ccccc2)(c2ccccc2)c2ccccc2-3)c1. The second-order valence-electron chi connectivity index (χ2n) is 13.4. The third-order valence-electron chi connectivity index (χ3n) is 10.7. The molecule has 240 valence electrons. The molecule has 0 unspecified atom stereocenters. The Morgan fingerprint density at radius 1 is 0.392 bits per heavy atom. The van der Waals surface area contributed by atoms with Gasteiger partial charge in [0.25, 0.3) is 0 Å². The first-order valence-corrected chi connectivity index (χ1v) is 18.3. The fourth-order valence-electron chi connectivity index (χ4n) is 8.64. The van der Waals surface area contributed by atoms with Gasteiger partial charge >= 0.3 is 0 Å². The summed E-state index contributed by atoms with van der Waals surface area (Å²) in [5.74, 6) is 0. The molecule has 1 aliphatic rings. The van der Waals surface area contributed by atoms with Gasteiger partial charge in [-0.3, -0.25) is 0 Å². The average molecular weight is 715 g/mol. The highest BCUT2D eigenvalue weighted by atomic mass is 79.9. The molecule has 1 nitrogen and oxygen atoms in total. The molecule has 0 radical (unpaired) electrons. The van der Waals surface area contributed by atoms with Crippen molar-refractivity contribution in [2.24, 2.45) is 0 Å². The Morgan fingerprint density at radius 3 is 1.76 bits per heavy atom. The lowest BCUT2D eigenvalue weighted by Gasteiger charge is -2.35. The molecule has 8 aromatic carbocycles. The van der Waals surface area contributed by atoms with Gasteiger partial charge in [0.1, 0.15) is 0 Å². The maximum absolute atomic E-state index is 3.76. The summed E-state index contributed by atoms with van der Waals surface area (Å²) >= 11 is 3.76. The zero-order valence-corrected chi connectivity index (χ0v) is 29.4. The summed E-state index contributed by atoms with van der Waals surface area (Å²) in [6.07, 6.45) is 0. The molecule has 0 atom stereocenters. The fourth-order valence-corrected chi connectivity index (χ4v) is 9.15. The summed E-state index contributed by atoms with van der Waals surface area (Å²) in [5.41, 5.74) is 15.6. The van der Waals surface area contributed by atoms with Gasteiger partial charge in [-0.2, -0.15) is 0 Å². The summed E-state index contributed by atoms with van der Waals surface area (Å²) < 4.78 is 3.61. The van der Waals surface area contributed by atoms with Crippen molar-refractivity contribution in [2.75, 3.05) is 0 Å². The zero-order chi connectivity index (χ0) is 33.9. The van der Waals surface area contributed by atoms with E-state index in [0.717, 1.165) is 4.47 Å². The first-order chi connectivity index (χ1) is 25.2. The number of aromatic nitrogens is 1. The topological polar surface area (TPSA) is 4.93 Å². The van der Waals surface area contributed by atoms with Crippen molar-refractivity contribution in [3.05, 3.63) is 221 Å². The number of nitrogens with zero attached hydrogens (tertiary/aromatic N) is 1. The second kappa shape index (κ2) is 11.8. The Hall–Kier alpha value is -5.96. The molecule has 0 fully saturated rings. The molecule has 1 aliphatic carbocycles. The minimum absolute atomic E-state index is 0.505. The lowest BCUT2D eigenvalue weighted by atomic mass is 9.67. The van der Waals surface area contributed by atoms with E-state index in [1.807, 2.05) is 0 Å². The lowest BCUT2D eigenvalue weighted by molar-refractivity contribution is 0.762. The monoisotopic (exact) mass is 713 g/mol. The van der Waals surface area contributed by atoms with E-state index in [-0.39, 0.29) is 0 Å². The van der Waals surface area contributed by atoms with Gasteiger partial charge in [0.05, 0.1) is 22.1 Å². The van der Waals surface area contributed by atoms with Crippen molar-refractivity contribution >= 4 is 37.7 Å². The van der Waals surface area contributed by atoms with Gasteiger partial charge in [-0.15, -0.1) is 0 Å². The number of benzene rings is 8. The molecule has 0 aliphatic heterocycles. The highest BCUT2D eigenvalue weighted by Gasteiger charge is 2.47. The first kappa shape index (κ1) is 29.9. The molecule has 0 saturated heterocycles. The van der Waals surface area contributed by atoms with Crippen LogP contribution in [0.25, 0.3) is 60.9 Å². The van der Waals surface area contributed by atoms with Crippen molar-refractivity contribution in [1.29, 1.82) is 0 Å². The van der Waals surface area contributed by atoms with Gasteiger partial charge in [-0.1, -0.05) is 174 Å². The van der Waals surface area contributed by atoms with Gasteiger partial charge in [0.2, 0.25) is 0 Å². The molecular formula is C49H32BrN. The summed E-state index contributed by atoms with van der Waals surface area (Å²) in [7, 11) is 0. The van der Waals surface area contributed by atoms with E-state index >= 15 is 0 Å². The number of halogens is 1. The molecule has 2 heteroatoms. The van der Waals surface area contributed by atoms with E-state index in [1.165, 1.54) is 83.1 Å². The molecule has 0 bridgehead atoms. The van der Waals surface area contributed by atoms with Crippen LogP contribution in [-0.2, 0) is 5.41 Å². The van der Waals surface area contributed by atoms with Gasteiger partial charge in [-0.25, -0.2) is 0 Å². The van der Waals surface area contributed by atoms with Crippen LogP contribution in [0.1, 0.15) is 22.3 Å². The van der Waals surface area contributed by atoms with Gasteiger partial charge in [0, 0.05) is 20.8 Å². The maximum Gasteiger partial charge on any atom is 0.0734 e. The summed E-state index contributed by atoms with van der Waals surface area (Å²) in [6, 6.07) is 71.2. The average Bonchev–Trinajstić information content (AvgIpc) is 3.70. The number of rotatable bonds is 5. The number of hydrogen-bond donors (Lipinski definition) is 0. The predicted molar refractivity (Wildman–Crippen MR) is 217 cm³/mol. The van der Waals surface area contributed by atoms with Crippen molar-refractivity contribution in [3.63, 3.8) is 0 Å². The quantitative estimate of drug-likeness (QED) is 0.167. The minimum atomic E-state index is -0.505. The summed E-state index contributed by atoms with van der Waals surface area (Å²) in [4.78, 5) is 0. The van der Waals surface area contributed by atoms with Crippen LogP contribution < -0.4 is 0 Å². The Balaban J connectivity index is 1.26. The smallest absolute Gasteiger partial charge is 0.0734 e. The van der Waals surface area contributed by atoms with Crippen LogP contribution >= 0.6 is 15.9 Å². The van der Waals surface area contributed by atoms with Crippen LogP contribution in [0.3, 0.4) is 0 Å². The largest absolute Gasteiger partial charge is 0.309 e. The maximum atomic E-state index is 3.76. The normalized spacial score (nSPS) is 13.0. The van der Waals surface area contributed by atoms with Crippen LogP contribution in [0, 0.1) is 0 Å². The van der Waals surface area contributed by atoms with Crippen LogP contribution in [0.5, 0.6) is 0 Å².